The number of halogens is 2. The van der Waals surface area contributed by atoms with Crippen LogP contribution in [-0.2, 0) is 0 Å². The summed E-state index contributed by atoms with van der Waals surface area (Å²) in [5, 5.41) is 19.2. The first-order valence-corrected chi connectivity index (χ1v) is 6.49. The predicted octanol–water partition coefficient (Wildman–Crippen LogP) is 1.41. The summed E-state index contributed by atoms with van der Waals surface area (Å²) < 4.78 is 26.6. The number of nitrogens with zero attached hydrogens (tertiary/aromatic N) is 3. The molecular weight excluding hydrogens is 282 g/mol. The Balaban J connectivity index is 2.18. The predicted molar refractivity (Wildman–Crippen MR) is 71.1 cm³/mol. The lowest BCUT2D eigenvalue weighted by atomic mass is 10.1. The summed E-state index contributed by atoms with van der Waals surface area (Å²) in [7, 11) is 0. The molecule has 0 radical (unpaired) electrons. The normalized spacial score (nSPS) is 13.1. The summed E-state index contributed by atoms with van der Waals surface area (Å²) in [6.45, 7) is 3.75. The molecule has 2 rings (SSSR count). The average Bonchev–Trinajstić information content (AvgIpc) is 2.87. The highest BCUT2D eigenvalue weighted by atomic mass is 19.3. The topological polar surface area (TPSA) is 79.5 Å². The third-order valence-electron chi connectivity index (χ3n) is 3.13. The first kappa shape index (κ1) is 15.3. The van der Waals surface area contributed by atoms with Crippen LogP contribution in [-0.4, -0.2) is 38.3 Å². The van der Waals surface area contributed by atoms with Crippen molar-refractivity contribution >= 4 is 11.6 Å². The highest BCUT2D eigenvalue weighted by Crippen LogP contribution is 2.18. The van der Waals surface area contributed by atoms with Gasteiger partial charge in [0, 0.05) is 12.7 Å². The Labute approximate surface area is 119 Å². The van der Waals surface area contributed by atoms with E-state index < -0.39 is 24.3 Å². The molecule has 0 saturated heterocycles. The third-order valence-corrected chi connectivity index (χ3v) is 3.13. The van der Waals surface area contributed by atoms with E-state index in [1.807, 2.05) is 13.8 Å². The van der Waals surface area contributed by atoms with Gasteiger partial charge in [-0.1, -0.05) is 13.8 Å². The number of hydrogen-bond acceptors (Lipinski definition) is 4. The molecule has 0 aliphatic rings. The maximum Gasteiger partial charge on any atom is 0.297 e. The van der Waals surface area contributed by atoms with Crippen molar-refractivity contribution in [3.8, 4) is 0 Å². The minimum atomic E-state index is -2.78. The van der Waals surface area contributed by atoms with Gasteiger partial charge < -0.3 is 10.4 Å². The first-order valence-electron chi connectivity index (χ1n) is 6.49. The number of carbonyl (C=O) groups excluding carboxylic acids is 1. The van der Waals surface area contributed by atoms with E-state index in [0.29, 0.717) is 0 Å². The Morgan fingerprint density at radius 1 is 1.38 bits per heavy atom. The van der Waals surface area contributed by atoms with Gasteiger partial charge in [0.15, 0.2) is 5.65 Å². The Hall–Kier alpha value is -2.09. The molecule has 2 aromatic rings. The van der Waals surface area contributed by atoms with Crippen LogP contribution < -0.4 is 5.32 Å². The number of fused-ring (bicyclic) bond motifs is 1. The summed E-state index contributed by atoms with van der Waals surface area (Å²) in [6.07, 6.45) is -2.18. The van der Waals surface area contributed by atoms with Crippen molar-refractivity contribution in [2.75, 3.05) is 6.54 Å². The first-order chi connectivity index (χ1) is 9.90. The second-order valence-electron chi connectivity index (χ2n) is 5.03. The number of hydrogen-bond donors (Lipinski definition) is 2. The van der Waals surface area contributed by atoms with Crippen LogP contribution in [0.4, 0.5) is 8.78 Å². The second kappa shape index (κ2) is 6.13. The fourth-order valence-corrected chi connectivity index (χ4v) is 1.73. The highest BCUT2D eigenvalue weighted by Gasteiger charge is 2.17. The smallest absolute Gasteiger partial charge is 0.297 e. The van der Waals surface area contributed by atoms with Gasteiger partial charge in [-0.3, -0.25) is 9.20 Å². The van der Waals surface area contributed by atoms with E-state index in [0.717, 1.165) is 4.40 Å². The van der Waals surface area contributed by atoms with E-state index in [4.69, 9.17) is 0 Å². The minimum absolute atomic E-state index is 0.0102. The van der Waals surface area contributed by atoms with Crippen LogP contribution in [0.2, 0.25) is 0 Å². The zero-order valence-corrected chi connectivity index (χ0v) is 11.6. The Bertz CT molecular complexity index is 642. The van der Waals surface area contributed by atoms with Crippen LogP contribution in [0.25, 0.3) is 5.65 Å². The van der Waals surface area contributed by atoms with Crippen molar-refractivity contribution in [1.82, 2.24) is 19.9 Å². The summed E-state index contributed by atoms with van der Waals surface area (Å²) in [5.41, 5.74) is 0.434. The zero-order chi connectivity index (χ0) is 15.6. The molecule has 8 heteroatoms. The van der Waals surface area contributed by atoms with Crippen molar-refractivity contribution in [1.29, 1.82) is 0 Å². The van der Waals surface area contributed by atoms with Gasteiger partial charge in [-0.25, -0.2) is 8.78 Å². The fraction of sp³-hybridized carbons (Fsp3) is 0.462. The van der Waals surface area contributed by atoms with Crippen LogP contribution >= 0.6 is 0 Å². The van der Waals surface area contributed by atoms with Gasteiger partial charge in [0.1, 0.15) is 0 Å². The summed E-state index contributed by atoms with van der Waals surface area (Å²) >= 11 is 0. The molecule has 2 aromatic heterocycles. The number of pyridine rings is 1. The van der Waals surface area contributed by atoms with Gasteiger partial charge in [-0.2, -0.15) is 0 Å². The van der Waals surface area contributed by atoms with Gasteiger partial charge in [0.2, 0.25) is 5.82 Å². The van der Waals surface area contributed by atoms with E-state index >= 15 is 0 Å². The molecule has 0 aromatic carbocycles. The Morgan fingerprint density at radius 3 is 2.71 bits per heavy atom. The Morgan fingerprint density at radius 2 is 2.10 bits per heavy atom. The molecule has 0 spiro atoms. The molecule has 1 amide bonds. The molecular formula is C13H16F2N4O2. The summed E-state index contributed by atoms with van der Waals surface area (Å²) in [5.74, 6) is -0.955. The lowest BCUT2D eigenvalue weighted by Gasteiger charge is -2.15. The quantitative estimate of drug-likeness (QED) is 0.875. The van der Waals surface area contributed by atoms with Crippen LogP contribution in [0.1, 0.15) is 36.5 Å². The largest absolute Gasteiger partial charge is 0.391 e. The van der Waals surface area contributed by atoms with Gasteiger partial charge >= 0.3 is 0 Å². The van der Waals surface area contributed by atoms with Gasteiger partial charge in [0.05, 0.1) is 11.7 Å². The van der Waals surface area contributed by atoms with Gasteiger partial charge in [-0.15, -0.1) is 10.2 Å². The molecule has 0 saturated carbocycles. The summed E-state index contributed by atoms with van der Waals surface area (Å²) in [6, 6.07) is 2.91. The van der Waals surface area contributed by atoms with Crippen molar-refractivity contribution in [3.05, 3.63) is 29.7 Å². The number of aliphatic hydroxyl groups excluding tert-OH is 1. The van der Waals surface area contributed by atoms with Crippen LogP contribution in [0.5, 0.6) is 0 Å². The fourth-order valence-electron chi connectivity index (χ4n) is 1.73. The third kappa shape index (κ3) is 3.33. The maximum atomic E-state index is 12.7. The number of amides is 1. The lowest BCUT2D eigenvalue weighted by Crippen LogP contribution is -2.34. The van der Waals surface area contributed by atoms with Gasteiger partial charge in [0.25, 0.3) is 12.3 Å². The van der Waals surface area contributed by atoms with E-state index in [2.05, 4.69) is 15.5 Å². The number of aromatic nitrogens is 3. The highest BCUT2D eigenvalue weighted by molar-refractivity contribution is 5.94. The molecule has 0 aliphatic carbocycles. The van der Waals surface area contributed by atoms with E-state index in [9.17, 15) is 18.7 Å². The molecule has 0 bridgehead atoms. The van der Waals surface area contributed by atoms with Gasteiger partial charge in [-0.05, 0) is 18.1 Å². The molecule has 21 heavy (non-hydrogen) atoms. The number of carbonyl (C=O) groups is 1. The van der Waals surface area contributed by atoms with Crippen molar-refractivity contribution in [2.45, 2.75) is 26.4 Å². The van der Waals surface area contributed by atoms with E-state index in [1.54, 1.807) is 0 Å². The van der Waals surface area contributed by atoms with Crippen molar-refractivity contribution < 1.29 is 18.7 Å². The molecule has 1 unspecified atom stereocenters. The summed E-state index contributed by atoms with van der Waals surface area (Å²) in [4.78, 5) is 12.0. The SMILES string of the molecule is CC(C)C(O)CNC(=O)c1ccc2nnc(C(F)F)n2c1. The van der Waals surface area contributed by atoms with Crippen molar-refractivity contribution in [3.63, 3.8) is 0 Å². The number of rotatable bonds is 5. The standard InChI is InChI=1S/C13H16F2N4O2/c1-7(2)9(20)5-16-13(21)8-3-4-10-17-18-12(11(14)15)19(10)6-8/h3-4,6-7,9,11,20H,5H2,1-2H3,(H,16,21). The molecule has 0 fully saturated rings. The van der Waals surface area contributed by atoms with Crippen LogP contribution in [0, 0.1) is 5.92 Å². The van der Waals surface area contributed by atoms with E-state index in [1.165, 1.54) is 18.3 Å². The maximum absolute atomic E-state index is 12.7. The minimum Gasteiger partial charge on any atom is -0.391 e. The second-order valence-corrected chi connectivity index (χ2v) is 5.03. The Kier molecular flexibility index (Phi) is 4.46. The van der Waals surface area contributed by atoms with E-state index in [-0.39, 0.29) is 23.7 Å². The monoisotopic (exact) mass is 298 g/mol. The zero-order valence-electron chi connectivity index (χ0n) is 11.6. The van der Waals surface area contributed by atoms with Crippen molar-refractivity contribution in [2.24, 2.45) is 5.92 Å². The molecule has 6 nitrogen and oxygen atoms in total. The molecule has 1 atom stereocenters. The lowest BCUT2D eigenvalue weighted by molar-refractivity contribution is 0.0871. The number of nitrogens with one attached hydrogen (secondary N) is 1. The molecule has 114 valence electrons. The molecule has 0 aliphatic heterocycles. The number of aliphatic hydroxyl groups is 1. The molecule has 2 N–H and O–H groups in total. The number of alkyl halides is 2. The average molecular weight is 298 g/mol. The van der Waals surface area contributed by atoms with Crippen LogP contribution in [0.15, 0.2) is 18.3 Å². The molecule has 2 heterocycles. The van der Waals surface area contributed by atoms with Crippen LogP contribution in [0.3, 0.4) is 0 Å².